The third-order valence-corrected chi connectivity index (χ3v) is 4.12. The first-order chi connectivity index (χ1) is 7.38. The first-order valence-electron chi connectivity index (χ1n) is 4.68. The summed E-state index contributed by atoms with van der Waals surface area (Å²) in [7, 11) is 0. The second-order valence-corrected chi connectivity index (χ2v) is 5.09. The summed E-state index contributed by atoms with van der Waals surface area (Å²) in [4.78, 5) is 5.64. The molecule has 0 radical (unpaired) electrons. The molecule has 3 rings (SSSR count). The van der Waals surface area contributed by atoms with Gasteiger partial charge in [0, 0.05) is 10.3 Å². The van der Waals surface area contributed by atoms with Crippen molar-refractivity contribution in [2.45, 2.75) is 4.90 Å². The van der Waals surface area contributed by atoms with Crippen molar-refractivity contribution < 1.29 is 0 Å². The van der Waals surface area contributed by atoms with Crippen LogP contribution in [0.2, 0.25) is 0 Å². The van der Waals surface area contributed by atoms with Crippen LogP contribution in [-0.4, -0.2) is 11.2 Å². The van der Waals surface area contributed by atoms with Gasteiger partial charge in [-0.2, -0.15) is 0 Å². The van der Waals surface area contributed by atoms with Gasteiger partial charge in [0.2, 0.25) is 0 Å². The highest BCUT2D eigenvalue weighted by Gasteiger charge is 2.03. The molecular formula is C12H9NS2. The third kappa shape index (κ3) is 1.43. The van der Waals surface area contributed by atoms with Crippen LogP contribution < -0.4 is 0 Å². The molecular weight excluding hydrogens is 222 g/mol. The number of thiazole rings is 1. The van der Waals surface area contributed by atoms with Gasteiger partial charge in [-0.15, -0.1) is 23.1 Å². The van der Waals surface area contributed by atoms with E-state index < -0.39 is 0 Å². The SMILES string of the molecule is CSc1ccc2ccc3ncsc3c2c1. The second-order valence-electron chi connectivity index (χ2n) is 3.35. The molecule has 0 spiro atoms. The van der Waals surface area contributed by atoms with Crippen LogP contribution in [0.1, 0.15) is 0 Å². The molecule has 74 valence electrons. The van der Waals surface area contributed by atoms with Gasteiger partial charge < -0.3 is 0 Å². The fraction of sp³-hybridized carbons (Fsp3) is 0.0833. The number of thioether (sulfide) groups is 1. The summed E-state index contributed by atoms with van der Waals surface area (Å²) >= 11 is 3.49. The van der Waals surface area contributed by atoms with Gasteiger partial charge in [0.05, 0.1) is 15.7 Å². The number of hydrogen-bond donors (Lipinski definition) is 0. The van der Waals surface area contributed by atoms with Crippen LogP contribution in [0.3, 0.4) is 0 Å². The second kappa shape index (κ2) is 3.51. The predicted molar refractivity (Wildman–Crippen MR) is 68.9 cm³/mol. The number of rotatable bonds is 1. The van der Waals surface area contributed by atoms with Crippen molar-refractivity contribution in [1.29, 1.82) is 0 Å². The Labute approximate surface area is 96.1 Å². The molecule has 15 heavy (non-hydrogen) atoms. The molecule has 0 aliphatic heterocycles. The zero-order valence-corrected chi connectivity index (χ0v) is 9.86. The first-order valence-corrected chi connectivity index (χ1v) is 6.79. The van der Waals surface area contributed by atoms with E-state index in [1.165, 1.54) is 20.4 Å². The summed E-state index contributed by atoms with van der Waals surface area (Å²) in [5, 5.41) is 2.62. The van der Waals surface area contributed by atoms with Crippen LogP contribution in [0, 0.1) is 0 Å². The summed E-state index contributed by atoms with van der Waals surface area (Å²) < 4.78 is 1.29. The zero-order chi connectivity index (χ0) is 10.3. The highest BCUT2D eigenvalue weighted by molar-refractivity contribution is 7.98. The Morgan fingerprint density at radius 3 is 2.93 bits per heavy atom. The van der Waals surface area contributed by atoms with E-state index in [0.717, 1.165) is 5.52 Å². The largest absolute Gasteiger partial charge is 0.245 e. The van der Waals surface area contributed by atoms with Crippen molar-refractivity contribution in [3.63, 3.8) is 0 Å². The Morgan fingerprint density at radius 2 is 2.07 bits per heavy atom. The van der Waals surface area contributed by atoms with Crippen molar-refractivity contribution in [1.82, 2.24) is 4.98 Å². The van der Waals surface area contributed by atoms with Gasteiger partial charge in [-0.1, -0.05) is 12.1 Å². The molecule has 0 saturated carbocycles. The maximum Gasteiger partial charge on any atom is 0.0818 e. The van der Waals surface area contributed by atoms with Crippen LogP contribution in [0.25, 0.3) is 21.0 Å². The molecule has 0 saturated heterocycles. The number of aromatic nitrogens is 1. The van der Waals surface area contributed by atoms with Gasteiger partial charge in [0.15, 0.2) is 0 Å². The van der Waals surface area contributed by atoms with E-state index in [9.17, 15) is 0 Å². The van der Waals surface area contributed by atoms with Gasteiger partial charge in [-0.25, -0.2) is 4.98 Å². The molecule has 0 fully saturated rings. The molecule has 0 unspecified atom stereocenters. The lowest BCUT2D eigenvalue weighted by atomic mass is 10.1. The van der Waals surface area contributed by atoms with Crippen molar-refractivity contribution in [2.75, 3.05) is 6.26 Å². The highest BCUT2D eigenvalue weighted by Crippen LogP contribution is 2.30. The van der Waals surface area contributed by atoms with Crippen LogP contribution in [0.5, 0.6) is 0 Å². The molecule has 0 N–H and O–H groups in total. The van der Waals surface area contributed by atoms with Gasteiger partial charge in [0.1, 0.15) is 0 Å². The molecule has 0 atom stereocenters. The van der Waals surface area contributed by atoms with E-state index in [2.05, 4.69) is 41.6 Å². The number of fused-ring (bicyclic) bond motifs is 3. The van der Waals surface area contributed by atoms with Crippen LogP contribution in [-0.2, 0) is 0 Å². The Hall–Kier alpha value is -1.06. The van der Waals surface area contributed by atoms with E-state index in [0.29, 0.717) is 0 Å². The molecule has 0 aliphatic rings. The topological polar surface area (TPSA) is 12.9 Å². The summed E-state index contributed by atoms with van der Waals surface area (Å²) in [6.07, 6.45) is 2.11. The van der Waals surface area contributed by atoms with Gasteiger partial charge in [-0.05, 0) is 29.8 Å². The molecule has 2 aromatic carbocycles. The van der Waals surface area contributed by atoms with E-state index >= 15 is 0 Å². The van der Waals surface area contributed by atoms with E-state index in [-0.39, 0.29) is 0 Å². The number of hydrogen-bond acceptors (Lipinski definition) is 3. The minimum absolute atomic E-state index is 1.10. The lowest BCUT2D eigenvalue weighted by molar-refractivity contribution is 1.49. The van der Waals surface area contributed by atoms with Crippen LogP contribution in [0.4, 0.5) is 0 Å². The summed E-state index contributed by atoms with van der Waals surface area (Å²) in [5.41, 5.74) is 3.02. The van der Waals surface area contributed by atoms with E-state index in [4.69, 9.17) is 0 Å². The first kappa shape index (κ1) is 9.19. The molecule has 0 bridgehead atoms. The zero-order valence-electron chi connectivity index (χ0n) is 8.23. The standard InChI is InChI=1S/C12H9NS2/c1-14-9-4-2-8-3-5-11-12(10(8)6-9)15-7-13-11/h2-7H,1H3. The smallest absolute Gasteiger partial charge is 0.0818 e. The molecule has 1 heterocycles. The summed E-state index contributed by atoms with van der Waals surface area (Å²) in [6, 6.07) is 10.8. The average Bonchev–Trinajstić information content (AvgIpc) is 2.76. The minimum Gasteiger partial charge on any atom is -0.245 e. The lowest BCUT2D eigenvalue weighted by Crippen LogP contribution is -1.75. The normalized spacial score (nSPS) is 11.3. The van der Waals surface area contributed by atoms with Crippen molar-refractivity contribution in [3.05, 3.63) is 35.8 Å². The lowest BCUT2D eigenvalue weighted by Gasteiger charge is -2.01. The fourth-order valence-corrected chi connectivity index (χ4v) is 3.00. The average molecular weight is 231 g/mol. The third-order valence-electron chi connectivity index (χ3n) is 2.52. The number of benzene rings is 2. The Kier molecular flexibility index (Phi) is 2.15. The van der Waals surface area contributed by atoms with Crippen molar-refractivity contribution in [3.8, 4) is 0 Å². The van der Waals surface area contributed by atoms with Gasteiger partial charge in [-0.3, -0.25) is 0 Å². The van der Waals surface area contributed by atoms with Crippen molar-refractivity contribution in [2.24, 2.45) is 0 Å². The maximum atomic E-state index is 4.34. The number of nitrogens with zero attached hydrogens (tertiary/aromatic N) is 1. The molecule has 3 heteroatoms. The highest BCUT2D eigenvalue weighted by atomic mass is 32.2. The van der Waals surface area contributed by atoms with Gasteiger partial charge >= 0.3 is 0 Å². The molecule has 0 amide bonds. The Morgan fingerprint density at radius 1 is 1.20 bits per heavy atom. The minimum atomic E-state index is 1.10. The van der Waals surface area contributed by atoms with Crippen LogP contribution in [0.15, 0.2) is 40.7 Å². The Bertz CT molecular complexity index is 628. The van der Waals surface area contributed by atoms with E-state index in [1.807, 2.05) is 5.51 Å². The molecule has 3 aromatic rings. The summed E-state index contributed by atoms with van der Waals surface area (Å²) in [6.45, 7) is 0. The molecule has 0 aliphatic carbocycles. The monoisotopic (exact) mass is 231 g/mol. The molecule has 1 aromatic heterocycles. The Balaban J connectivity index is 2.48. The fourth-order valence-electron chi connectivity index (χ4n) is 1.75. The molecule has 1 nitrogen and oxygen atoms in total. The predicted octanol–water partition coefficient (Wildman–Crippen LogP) is 4.17. The van der Waals surface area contributed by atoms with Crippen LogP contribution >= 0.6 is 23.1 Å². The van der Waals surface area contributed by atoms with E-state index in [1.54, 1.807) is 23.1 Å². The van der Waals surface area contributed by atoms with Gasteiger partial charge in [0.25, 0.3) is 0 Å². The quantitative estimate of drug-likeness (QED) is 0.583. The summed E-state index contributed by atoms with van der Waals surface area (Å²) in [5.74, 6) is 0. The maximum absolute atomic E-state index is 4.34. The van der Waals surface area contributed by atoms with Crippen molar-refractivity contribution >= 4 is 44.1 Å².